The third kappa shape index (κ3) is 4.04. The number of halogens is 2. The van der Waals surface area contributed by atoms with Gasteiger partial charge in [0.15, 0.2) is 5.65 Å². The molecule has 0 saturated carbocycles. The zero-order chi connectivity index (χ0) is 23.1. The van der Waals surface area contributed by atoms with Crippen molar-refractivity contribution in [2.45, 2.75) is 18.7 Å². The Morgan fingerprint density at radius 3 is 2.73 bits per heavy atom. The number of para-hydroxylation sites is 1. The molecule has 0 spiro atoms. The molecule has 33 heavy (non-hydrogen) atoms. The number of hydrogen-bond donors (Lipinski definition) is 3. The zero-order valence-corrected chi connectivity index (χ0v) is 21.0. The summed E-state index contributed by atoms with van der Waals surface area (Å²) in [7, 11) is 0. The molecule has 5 aromatic rings. The Bertz CT molecular complexity index is 1490. The number of aryl methyl sites for hydroxylation is 1. The topological polar surface area (TPSA) is 84.6 Å². The van der Waals surface area contributed by atoms with Gasteiger partial charge in [-0.2, -0.15) is 0 Å². The number of anilines is 2. The van der Waals surface area contributed by atoms with E-state index in [0.29, 0.717) is 10.7 Å². The molecular weight excluding hydrogens is 520 g/mol. The van der Waals surface area contributed by atoms with E-state index in [0.717, 1.165) is 54.7 Å². The Labute approximate surface area is 208 Å². The molecule has 3 heterocycles. The Morgan fingerprint density at radius 2 is 1.94 bits per heavy atom. The molecule has 0 unspecified atom stereocenters. The summed E-state index contributed by atoms with van der Waals surface area (Å²) in [4.78, 5) is 13.8. The number of pyridine rings is 1. The van der Waals surface area contributed by atoms with Crippen LogP contribution in [0.4, 0.5) is 11.4 Å². The van der Waals surface area contributed by atoms with Gasteiger partial charge in [0.2, 0.25) is 0 Å². The molecule has 0 aliphatic heterocycles. The van der Waals surface area contributed by atoms with Crippen molar-refractivity contribution in [3.05, 3.63) is 81.7 Å². The lowest BCUT2D eigenvalue weighted by Gasteiger charge is -2.11. The standard InChI is InChI=1S/C24H20BrClN6S/c1-13-10-17(14(2)32(13)20-9-4-3-8-19(20)26)23-30-22-21(18(25)12-28-24(22)31-23)29-15-6-5-7-16(11-15)33-27/h3-12H,27H2,1-2H3,(H2,28,29,30,31). The SMILES string of the molecule is Cc1cc(-c2nc3c(Nc4cccc(SN)c4)c(Br)cnc3[nH]2)c(C)n1-c1ccccc1Cl. The minimum absolute atomic E-state index is 0.697. The van der Waals surface area contributed by atoms with Crippen LogP contribution in [0.1, 0.15) is 11.4 Å². The van der Waals surface area contributed by atoms with E-state index < -0.39 is 0 Å². The zero-order valence-electron chi connectivity index (χ0n) is 17.9. The Morgan fingerprint density at radius 1 is 1.12 bits per heavy atom. The molecule has 3 aromatic heterocycles. The highest BCUT2D eigenvalue weighted by atomic mass is 79.9. The van der Waals surface area contributed by atoms with E-state index >= 15 is 0 Å². The summed E-state index contributed by atoms with van der Waals surface area (Å²) in [5.41, 5.74) is 7.24. The van der Waals surface area contributed by atoms with Gasteiger partial charge in [0, 0.05) is 33.7 Å². The van der Waals surface area contributed by atoms with Gasteiger partial charge in [0.1, 0.15) is 11.3 Å². The van der Waals surface area contributed by atoms with Gasteiger partial charge in [-0.1, -0.05) is 29.8 Å². The molecule has 0 amide bonds. The molecule has 0 fully saturated rings. The average molecular weight is 540 g/mol. The fourth-order valence-corrected chi connectivity index (χ4v) is 4.94. The fourth-order valence-electron chi connectivity index (χ4n) is 3.97. The normalized spacial score (nSPS) is 11.3. The lowest BCUT2D eigenvalue weighted by Crippen LogP contribution is -1.99. The first-order valence-corrected chi connectivity index (χ1v) is 12.2. The quantitative estimate of drug-likeness (QED) is 0.206. The van der Waals surface area contributed by atoms with E-state index in [1.54, 1.807) is 6.20 Å². The molecular formula is C24H20BrClN6S. The highest BCUT2D eigenvalue weighted by molar-refractivity contribution is 9.10. The van der Waals surface area contributed by atoms with Crippen LogP contribution in [0.15, 0.2) is 70.2 Å². The largest absolute Gasteiger partial charge is 0.353 e. The predicted molar refractivity (Wildman–Crippen MR) is 141 cm³/mol. The van der Waals surface area contributed by atoms with Gasteiger partial charge in [-0.15, -0.1) is 0 Å². The van der Waals surface area contributed by atoms with Crippen LogP contribution >= 0.6 is 39.5 Å². The summed E-state index contributed by atoms with van der Waals surface area (Å²) in [6, 6.07) is 17.8. The average Bonchev–Trinajstić information content (AvgIpc) is 3.37. The van der Waals surface area contributed by atoms with Gasteiger partial charge < -0.3 is 14.9 Å². The van der Waals surface area contributed by atoms with E-state index in [-0.39, 0.29) is 0 Å². The van der Waals surface area contributed by atoms with Crippen molar-refractivity contribution in [1.29, 1.82) is 0 Å². The molecule has 4 N–H and O–H groups in total. The lowest BCUT2D eigenvalue weighted by atomic mass is 10.2. The van der Waals surface area contributed by atoms with Crippen LogP contribution < -0.4 is 10.5 Å². The van der Waals surface area contributed by atoms with Crippen molar-refractivity contribution >= 4 is 62.0 Å². The van der Waals surface area contributed by atoms with Crippen molar-refractivity contribution < 1.29 is 0 Å². The van der Waals surface area contributed by atoms with E-state index in [2.05, 4.69) is 55.7 Å². The van der Waals surface area contributed by atoms with Gasteiger partial charge in [-0.25, -0.2) is 9.97 Å². The van der Waals surface area contributed by atoms with E-state index in [9.17, 15) is 0 Å². The lowest BCUT2D eigenvalue weighted by molar-refractivity contribution is 0.966. The molecule has 0 aliphatic carbocycles. The number of rotatable bonds is 5. The van der Waals surface area contributed by atoms with Crippen LogP contribution in [-0.2, 0) is 0 Å². The summed E-state index contributed by atoms with van der Waals surface area (Å²) in [5.74, 6) is 0.747. The van der Waals surface area contributed by atoms with Crippen LogP contribution in [0.2, 0.25) is 5.02 Å². The van der Waals surface area contributed by atoms with Crippen molar-refractivity contribution in [1.82, 2.24) is 19.5 Å². The number of aromatic nitrogens is 4. The monoisotopic (exact) mass is 538 g/mol. The summed E-state index contributed by atoms with van der Waals surface area (Å²) >= 11 is 11.3. The molecule has 0 atom stereocenters. The predicted octanol–water partition coefficient (Wildman–Crippen LogP) is 7.16. The third-order valence-corrected chi connectivity index (χ3v) is 6.93. The molecule has 0 aliphatic rings. The van der Waals surface area contributed by atoms with E-state index in [4.69, 9.17) is 21.7 Å². The van der Waals surface area contributed by atoms with Gasteiger partial charge >= 0.3 is 0 Å². The van der Waals surface area contributed by atoms with Crippen molar-refractivity contribution in [3.8, 4) is 17.1 Å². The molecule has 166 valence electrons. The van der Waals surface area contributed by atoms with Gasteiger partial charge in [0.05, 0.1) is 20.9 Å². The van der Waals surface area contributed by atoms with Gasteiger partial charge in [0.25, 0.3) is 0 Å². The first-order chi connectivity index (χ1) is 16.0. The second-order valence-electron chi connectivity index (χ2n) is 7.61. The number of H-pyrrole nitrogens is 1. The van der Waals surface area contributed by atoms with Crippen LogP contribution in [0.5, 0.6) is 0 Å². The number of imidazole rings is 1. The maximum atomic E-state index is 6.48. The minimum atomic E-state index is 0.697. The molecule has 2 aromatic carbocycles. The van der Waals surface area contributed by atoms with E-state index in [1.807, 2.05) is 48.5 Å². The summed E-state index contributed by atoms with van der Waals surface area (Å²) in [5, 5.41) is 9.88. The molecule has 0 bridgehead atoms. The highest BCUT2D eigenvalue weighted by Crippen LogP contribution is 2.36. The summed E-state index contributed by atoms with van der Waals surface area (Å²) in [6.45, 7) is 4.13. The maximum Gasteiger partial charge on any atom is 0.159 e. The van der Waals surface area contributed by atoms with Crippen LogP contribution in [0.25, 0.3) is 28.2 Å². The van der Waals surface area contributed by atoms with Crippen molar-refractivity contribution in [2.24, 2.45) is 5.14 Å². The molecule has 0 radical (unpaired) electrons. The number of benzene rings is 2. The van der Waals surface area contributed by atoms with Crippen LogP contribution in [-0.4, -0.2) is 19.5 Å². The number of nitrogens with two attached hydrogens (primary N) is 1. The number of nitrogens with zero attached hydrogens (tertiary/aromatic N) is 3. The van der Waals surface area contributed by atoms with Gasteiger partial charge in [-0.3, -0.25) is 5.14 Å². The van der Waals surface area contributed by atoms with Crippen molar-refractivity contribution in [2.75, 3.05) is 5.32 Å². The fraction of sp³-hybridized carbons (Fsp3) is 0.0833. The smallest absolute Gasteiger partial charge is 0.159 e. The van der Waals surface area contributed by atoms with Crippen LogP contribution in [0.3, 0.4) is 0 Å². The van der Waals surface area contributed by atoms with E-state index in [1.165, 1.54) is 11.9 Å². The molecule has 0 saturated heterocycles. The third-order valence-electron chi connectivity index (χ3n) is 5.49. The van der Waals surface area contributed by atoms with Gasteiger partial charge in [-0.05, 0) is 78.1 Å². The van der Waals surface area contributed by atoms with Crippen molar-refractivity contribution in [3.63, 3.8) is 0 Å². The maximum absolute atomic E-state index is 6.48. The molecule has 9 heteroatoms. The molecule has 6 nitrogen and oxygen atoms in total. The summed E-state index contributed by atoms with van der Waals surface area (Å²) < 4.78 is 2.96. The Kier molecular flexibility index (Phi) is 5.92. The van der Waals surface area contributed by atoms with Crippen LogP contribution in [0, 0.1) is 13.8 Å². The minimum Gasteiger partial charge on any atom is -0.353 e. The second kappa shape index (κ2) is 8.87. The second-order valence-corrected chi connectivity index (χ2v) is 9.57. The number of hydrogen-bond acceptors (Lipinski definition) is 5. The number of aromatic amines is 1. The first-order valence-electron chi connectivity index (χ1n) is 10.2. The number of nitrogens with one attached hydrogen (secondary N) is 2. The Balaban J connectivity index is 1.61. The first kappa shape index (κ1) is 22.0. The molecule has 5 rings (SSSR count). The Hall–Kier alpha value is -2.78. The summed E-state index contributed by atoms with van der Waals surface area (Å²) in [6.07, 6.45) is 1.77. The number of fused-ring (bicyclic) bond motifs is 1. The highest BCUT2D eigenvalue weighted by Gasteiger charge is 2.19.